The van der Waals surface area contributed by atoms with Crippen LogP contribution in [0.25, 0.3) is 0 Å². The number of anilines is 1. The van der Waals surface area contributed by atoms with Gasteiger partial charge in [-0.3, -0.25) is 9.59 Å². The Labute approximate surface area is 171 Å². The maximum atomic E-state index is 13.8. The number of amides is 2. The molecule has 0 spiro atoms. The van der Waals surface area contributed by atoms with E-state index in [2.05, 4.69) is 15.5 Å². The van der Waals surface area contributed by atoms with Crippen LogP contribution < -0.4 is 15.5 Å². The Morgan fingerprint density at radius 1 is 1.03 bits per heavy atom. The summed E-state index contributed by atoms with van der Waals surface area (Å²) in [6, 6.07) is 13.7. The molecule has 1 unspecified atom stereocenters. The number of carbonyl (C=O) groups excluding carboxylic acids is 2. The van der Waals surface area contributed by atoms with Crippen molar-refractivity contribution in [3.8, 4) is 0 Å². The van der Waals surface area contributed by atoms with Gasteiger partial charge in [0.25, 0.3) is 11.8 Å². The van der Waals surface area contributed by atoms with Gasteiger partial charge in [-0.25, -0.2) is 4.39 Å². The van der Waals surface area contributed by atoms with Gasteiger partial charge in [0, 0.05) is 30.9 Å². The van der Waals surface area contributed by atoms with Crippen LogP contribution in [0.4, 0.5) is 10.1 Å². The van der Waals surface area contributed by atoms with Crippen LogP contribution in [0.2, 0.25) is 0 Å². The van der Waals surface area contributed by atoms with Gasteiger partial charge in [0.05, 0.1) is 11.1 Å². The monoisotopic (exact) mass is 397 g/mol. The van der Waals surface area contributed by atoms with Gasteiger partial charge in [0.2, 0.25) is 0 Å². The van der Waals surface area contributed by atoms with Crippen molar-refractivity contribution in [1.82, 2.24) is 10.6 Å². The number of hydrogen-bond acceptors (Lipinski definition) is 3. The van der Waals surface area contributed by atoms with Crippen molar-refractivity contribution in [2.24, 2.45) is 0 Å². The summed E-state index contributed by atoms with van der Waals surface area (Å²) in [6.07, 6.45) is 2.35. The fourth-order valence-electron chi connectivity index (χ4n) is 3.52. The van der Waals surface area contributed by atoms with Gasteiger partial charge in [-0.15, -0.1) is 0 Å². The Bertz CT molecular complexity index is 863. The average molecular weight is 397 g/mol. The third-order valence-corrected chi connectivity index (χ3v) is 5.43. The van der Waals surface area contributed by atoms with E-state index in [1.54, 1.807) is 12.1 Å². The Morgan fingerprint density at radius 3 is 2.31 bits per heavy atom. The molecule has 0 saturated carbocycles. The molecule has 1 saturated heterocycles. The third kappa shape index (κ3) is 5.13. The Balaban J connectivity index is 1.62. The minimum absolute atomic E-state index is 0.0144. The van der Waals surface area contributed by atoms with Gasteiger partial charge in [-0.1, -0.05) is 31.2 Å². The van der Waals surface area contributed by atoms with Crippen LogP contribution in [0, 0.1) is 5.82 Å². The van der Waals surface area contributed by atoms with E-state index >= 15 is 0 Å². The summed E-state index contributed by atoms with van der Waals surface area (Å²) in [5, 5.41) is 5.96. The van der Waals surface area contributed by atoms with Crippen molar-refractivity contribution in [3.63, 3.8) is 0 Å². The minimum Gasteiger partial charge on any atom is -0.371 e. The highest BCUT2D eigenvalue weighted by Gasteiger charge is 2.25. The highest BCUT2D eigenvalue weighted by molar-refractivity contribution is 6.00. The number of carbonyl (C=O) groups is 2. The predicted octanol–water partition coefficient (Wildman–Crippen LogP) is 3.75. The molecule has 1 fully saturated rings. The van der Waals surface area contributed by atoms with E-state index in [0.717, 1.165) is 38.0 Å². The second-order valence-corrected chi connectivity index (χ2v) is 7.51. The molecule has 2 N–H and O–H groups in total. The van der Waals surface area contributed by atoms with Crippen LogP contribution in [0.5, 0.6) is 0 Å². The SMILES string of the molecule is CCC(C)NC(=O)c1ccccc1N1CCC(NC(=O)c2ccccc2F)CC1. The number of rotatable bonds is 6. The summed E-state index contributed by atoms with van der Waals surface area (Å²) in [5.74, 6) is -0.955. The molecule has 1 heterocycles. The van der Waals surface area contributed by atoms with Crippen molar-refractivity contribution < 1.29 is 14.0 Å². The molecule has 0 bridgehead atoms. The van der Waals surface area contributed by atoms with Gasteiger partial charge >= 0.3 is 0 Å². The summed E-state index contributed by atoms with van der Waals surface area (Å²) >= 11 is 0. The van der Waals surface area contributed by atoms with Crippen LogP contribution in [0.3, 0.4) is 0 Å². The Hall–Kier alpha value is -2.89. The fraction of sp³-hybridized carbons (Fsp3) is 0.391. The van der Waals surface area contributed by atoms with E-state index in [9.17, 15) is 14.0 Å². The zero-order valence-electron chi connectivity index (χ0n) is 17.0. The molecule has 1 aliphatic heterocycles. The molecule has 2 amide bonds. The molecule has 2 aromatic rings. The van der Waals surface area contributed by atoms with Crippen LogP contribution in [0.1, 0.15) is 53.8 Å². The van der Waals surface area contributed by atoms with Crippen molar-refractivity contribution >= 4 is 17.5 Å². The zero-order chi connectivity index (χ0) is 20.8. The molecule has 5 nitrogen and oxygen atoms in total. The highest BCUT2D eigenvalue weighted by Crippen LogP contribution is 2.24. The van der Waals surface area contributed by atoms with Crippen LogP contribution >= 0.6 is 0 Å². The second-order valence-electron chi connectivity index (χ2n) is 7.51. The summed E-state index contributed by atoms with van der Waals surface area (Å²) in [7, 11) is 0. The van der Waals surface area contributed by atoms with Crippen molar-refractivity contribution in [3.05, 3.63) is 65.5 Å². The largest absolute Gasteiger partial charge is 0.371 e. The normalized spacial score (nSPS) is 15.6. The van der Waals surface area contributed by atoms with E-state index in [1.165, 1.54) is 12.1 Å². The van der Waals surface area contributed by atoms with Crippen molar-refractivity contribution in [2.45, 2.75) is 45.2 Å². The summed E-state index contributed by atoms with van der Waals surface area (Å²) < 4.78 is 13.8. The minimum atomic E-state index is -0.510. The number of nitrogens with one attached hydrogen (secondary N) is 2. The van der Waals surface area contributed by atoms with Gasteiger partial charge in [-0.05, 0) is 50.5 Å². The van der Waals surface area contributed by atoms with E-state index in [4.69, 9.17) is 0 Å². The standard InChI is InChI=1S/C23H28FN3O2/c1-3-16(2)25-23(29)19-9-5-7-11-21(19)27-14-12-17(13-15-27)26-22(28)18-8-4-6-10-20(18)24/h4-11,16-17H,3,12-15H2,1-2H3,(H,25,29)(H,26,28). The molecule has 3 rings (SSSR count). The summed E-state index contributed by atoms with van der Waals surface area (Å²) in [4.78, 5) is 27.2. The molecule has 154 valence electrons. The molecule has 0 radical (unpaired) electrons. The molecule has 0 aliphatic carbocycles. The number of halogens is 1. The summed E-state index contributed by atoms with van der Waals surface area (Å²) in [5.41, 5.74) is 1.65. The lowest BCUT2D eigenvalue weighted by Gasteiger charge is -2.35. The molecule has 6 heteroatoms. The maximum Gasteiger partial charge on any atom is 0.254 e. The topological polar surface area (TPSA) is 61.4 Å². The summed E-state index contributed by atoms with van der Waals surface area (Å²) in [6.45, 7) is 5.47. The molecular formula is C23H28FN3O2. The van der Waals surface area contributed by atoms with Crippen molar-refractivity contribution in [1.29, 1.82) is 0 Å². The molecule has 1 aliphatic rings. The molecule has 0 aromatic heterocycles. The highest BCUT2D eigenvalue weighted by atomic mass is 19.1. The number of para-hydroxylation sites is 1. The Kier molecular flexibility index (Phi) is 6.86. The Morgan fingerprint density at radius 2 is 1.66 bits per heavy atom. The quantitative estimate of drug-likeness (QED) is 0.780. The maximum absolute atomic E-state index is 13.8. The van der Waals surface area contributed by atoms with E-state index < -0.39 is 5.82 Å². The molecule has 29 heavy (non-hydrogen) atoms. The first-order valence-corrected chi connectivity index (χ1v) is 10.2. The van der Waals surface area contributed by atoms with Gasteiger partial charge in [0.1, 0.15) is 5.82 Å². The smallest absolute Gasteiger partial charge is 0.254 e. The zero-order valence-corrected chi connectivity index (χ0v) is 17.0. The first-order chi connectivity index (χ1) is 14.0. The van der Waals surface area contributed by atoms with Crippen LogP contribution in [-0.4, -0.2) is 37.0 Å². The molecular weight excluding hydrogens is 369 g/mol. The van der Waals surface area contributed by atoms with Gasteiger partial charge in [-0.2, -0.15) is 0 Å². The molecule has 1 atom stereocenters. The van der Waals surface area contributed by atoms with Crippen molar-refractivity contribution in [2.75, 3.05) is 18.0 Å². The predicted molar refractivity (Wildman–Crippen MR) is 113 cm³/mol. The third-order valence-electron chi connectivity index (χ3n) is 5.43. The lowest BCUT2D eigenvalue weighted by Crippen LogP contribution is -2.45. The van der Waals surface area contributed by atoms with E-state index in [-0.39, 0.29) is 29.5 Å². The number of nitrogens with zero attached hydrogens (tertiary/aromatic N) is 1. The van der Waals surface area contributed by atoms with Crippen LogP contribution in [-0.2, 0) is 0 Å². The van der Waals surface area contributed by atoms with Crippen LogP contribution in [0.15, 0.2) is 48.5 Å². The molecule has 2 aromatic carbocycles. The second kappa shape index (κ2) is 9.54. The number of benzene rings is 2. The number of piperidine rings is 1. The first kappa shape index (κ1) is 20.8. The van der Waals surface area contributed by atoms with Gasteiger partial charge in [0.15, 0.2) is 0 Å². The average Bonchev–Trinajstić information content (AvgIpc) is 2.74. The van der Waals surface area contributed by atoms with Gasteiger partial charge < -0.3 is 15.5 Å². The lowest BCUT2D eigenvalue weighted by molar-refractivity contribution is 0.0924. The fourth-order valence-corrected chi connectivity index (χ4v) is 3.52. The van der Waals surface area contributed by atoms with E-state index in [0.29, 0.717) is 5.56 Å². The lowest BCUT2D eigenvalue weighted by atomic mass is 10.0. The first-order valence-electron chi connectivity index (χ1n) is 10.2. The van der Waals surface area contributed by atoms with E-state index in [1.807, 2.05) is 38.1 Å². The number of hydrogen-bond donors (Lipinski definition) is 2.